The molecular formula is C32H37N5O4SSi. The van der Waals surface area contributed by atoms with Gasteiger partial charge >= 0.3 is 6.01 Å². The van der Waals surface area contributed by atoms with Gasteiger partial charge in [-0.3, -0.25) is 4.72 Å². The van der Waals surface area contributed by atoms with Crippen molar-refractivity contribution in [2.24, 2.45) is 0 Å². The van der Waals surface area contributed by atoms with Crippen molar-refractivity contribution >= 4 is 23.9 Å². The Bertz CT molecular complexity index is 1720. The molecule has 0 atom stereocenters. The molecule has 0 fully saturated rings. The van der Waals surface area contributed by atoms with E-state index in [2.05, 4.69) is 76.5 Å². The molecule has 2 aromatic heterocycles. The van der Waals surface area contributed by atoms with E-state index in [1.165, 1.54) is 6.33 Å². The first-order valence-electron chi connectivity index (χ1n) is 13.9. The number of sulfonamides is 1. The number of aromatic nitrogens is 4. The molecule has 0 saturated carbocycles. The number of nitrogens with zero attached hydrogens (tertiary/aromatic N) is 4. The molecule has 0 spiro atoms. The highest BCUT2D eigenvalue weighted by atomic mass is 32.2. The van der Waals surface area contributed by atoms with Crippen LogP contribution in [0.1, 0.15) is 37.5 Å². The fraction of sp³-hybridized carbons (Fsp3) is 0.312. The van der Waals surface area contributed by atoms with Crippen LogP contribution in [0.3, 0.4) is 0 Å². The minimum absolute atomic E-state index is 0.103. The Morgan fingerprint density at radius 1 is 0.860 bits per heavy atom. The number of anilines is 1. The van der Waals surface area contributed by atoms with Crippen molar-refractivity contribution in [3.8, 4) is 34.5 Å². The van der Waals surface area contributed by atoms with Crippen molar-refractivity contribution in [3.05, 3.63) is 83.9 Å². The average Bonchev–Trinajstić information content (AvgIpc) is 2.95. The van der Waals surface area contributed by atoms with Crippen LogP contribution in [0.2, 0.25) is 19.6 Å². The molecule has 0 radical (unpaired) electrons. The Morgan fingerprint density at radius 3 is 2.09 bits per heavy atom. The van der Waals surface area contributed by atoms with Crippen molar-refractivity contribution in [2.75, 3.05) is 17.9 Å². The van der Waals surface area contributed by atoms with E-state index in [4.69, 9.17) is 9.47 Å². The Kier molecular flexibility index (Phi) is 9.52. The summed E-state index contributed by atoms with van der Waals surface area (Å²) in [4.78, 5) is 17.2. The molecule has 0 unspecified atom stereocenters. The van der Waals surface area contributed by atoms with Crippen LogP contribution in [0.25, 0.3) is 11.1 Å². The number of ether oxygens (including phenoxy) is 2. The molecule has 0 aliphatic rings. The van der Waals surface area contributed by atoms with E-state index in [-0.39, 0.29) is 41.2 Å². The molecule has 0 saturated heterocycles. The van der Waals surface area contributed by atoms with Gasteiger partial charge in [-0.05, 0) is 35.6 Å². The normalized spacial score (nSPS) is 11.8. The van der Waals surface area contributed by atoms with Gasteiger partial charge in [-0.2, -0.15) is 0 Å². The molecule has 9 nitrogen and oxygen atoms in total. The fourth-order valence-electron chi connectivity index (χ4n) is 3.84. The molecule has 4 aromatic rings. The van der Waals surface area contributed by atoms with Crippen LogP contribution in [0.5, 0.6) is 11.9 Å². The highest BCUT2D eigenvalue weighted by Crippen LogP contribution is 2.35. The maximum Gasteiger partial charge on any atom is 0.316 e. The third-order valence-electron chi connectivity index (χ3n) is 6.18. The maximum absolute atomic E-state index is 13.4. The van der Waals surface area contributed by atoms with Crippen molar-refractivity contribution in [1.29, 1.82) is 0 Å². The predicted molar refractivity (Wildman–Crippen MR) is 171 cm³/mol. The van der Waals surface area contributed by atoms with Crippen LogP contribution < -0.4 is 14.2 Å². The zero-order valence-electron chi connectivity index (χ0n) is 25.6. The summed E-state index contributed by atoms with van der Waals surface area (Å²) in [6.07, 6.45) is 4.52. The van der Waals surface area contributed by atoms with E-state index in [1.54, 1.807) is 24.5 Å². The van der Waals surface area contributed by atoms with E-state index >= 15 is 0 Å². The van der Waals surface area contributed by atoms with Gasteiger partial charge < -0.3 is 9.47 Å². The SMILES string of the molecule is Cc1ccc(-c2c(NS(=O)(=O)c3ccc(C(C)(C)C)cc3)ncnc2OCCOc2ncc(C#C[Si](C)(C)C)cn2)cc1. The lowest BCUT2D eigenvalue weighted by atomic mass is 9.87. The largest absolute Gasteiger partial charge is 0.473 e. The highest BCUT2D eigenvalue weighted by Gasteiger charge is 2.22. The van der Waals surface area contributed by atoms with E-state index < -0.39 is 18.1 Å². The highest BCUT2D eigenvalue weighted by molar-refractivity contribution is 7.92. The predicted octanol–water partition coefficient (Wildman–Crippen LogP) is 6.03. The van der Waals surface area contributed by atoms with Crippen LogP contribution in [-0.2, 0) is 15.4 Å². The summed E-state index contributed by atoms with van der Waals surface area (Å²) >= 11 is 0. The first-order chi connectivity index (χ1) is 20.2. The second-order valence-electron chi connectivity index (χ2n) is 12.1. The summed E-state index contributed by atoms with van der Waals surface area (Å²) in [7, 11) is -5.45. The summed E-state index contributed by atoms with van der Waals surface area (Å²) in [5.41, 5.74) is 7.10. The molecule has 43 heavy (non-hydrogen) atoms. The van der Waals surface area contributed by atoms with E-state index in [1.807, 2.05) is 43.3 Å². The molecule has 224 valence electrons. The zero-order chi connectivity index (χ0) is 31.3. The number of aryl methyl sites for hydroxylation is 1. The smallest absolute Gasteiger partial charge is 0.316 e. The molecule has 1 N–H and O–H groups in total. The number of hydrogen-bond acceptors (Lipinski definition) is 8. The van der Waals surface area contributed by atoms with Crippen LogP contribution in [-0.4, -0.2) is 49.6 Å². The summed E-state index contributed by atoms with van der Waals surface area (Å²) in [6.45, 7) is 14.9. The Labute approximate surface area is 255 Å². The molecule has 0 aliphatic heterocycles. The van der Waals surface area contributed by atoms with E-state index in [0.29, 0.717) is 11.1 Å². The van der Waals surface area contributed by atoms with Crippen LogP contribution in [0.15, 0.2) is 72.1 Å². The number of rotatable bonds is 9. The monoisotopic (exact) mass is 615 g/mol. The molecule has 4 rings (SSSR count). The average molecular weight is 616 g/mol. The van der Waals surface area contributed by atoms with Gasteiger partial charge in [-0.25, -0.2) is 28.4 Å². The minimum atomic E-state index is -3.95. The zero-order valence-corrected chi connectivity index (χ0v) is 27.4. The van der Waals surface area contributed by atoms with Gasteiger partial charge in [0.05, 0.1) is 16.0 Å². The number of nitrogens with one attached hydrogen (secondary N) is 1. The third-order valence-corrected chi connectivity index (χ3v) is 8.41. The molecule has 2 heterocycles. The van der Waals surface area contributed by atoms with E-state index in [0.717, 1.165) is 16.7 Å². The Morgan fingerprint density at radius 2 is 1.49 bits per heavy atom. The van der Waals surface area contributed by atoms with Crippen molar-refractivity contribution in [2.45, 2.75) is 57.6 Å². The maximum atomic E-state index is 13.4. The summed E-state index contributed by atoms with van der Waals surface area (Å²) in [6, 6.07) is 14.6. The third kappa shape index (κ3) is 8.86. The molecule has 11 heteroatoms. The van der Waals surface area contributed by atoms with Crippen molar-refractivity contribution in [3.63, 3.8) is 0 Å². The molecule has 2 aromatic carbocycles. The Hall–Kier alpha value is -4.27. The van der Waals surface area contributed by atoms with Gasteiger partial charge in [-0.1, -0.05) is 88.3 Å². The topological polar surface area (TPSA) is 116 Å². The lowest BCUT2D eigenvalue weighted by Gasteiger charge is -2.19. The van der Waals surface area contributed by atoms with Gasteiger partial charge in [-0.15, -0.1) is 5.54 Å². The van der Waals surface area contributed by atoms with E-state index in [9.17, 15) is 8.42 Å². The summed E-state index contributed by atoms with van der Waals surface area (Å²) in [5, 5.41) is 0. The van der Waals surface area contributed by atoms with Gasteiger partial charge in [0.2, 0.25) is 5.88 Å². The summed E-state index contributed by atoms with van der Waals surface area (Å²) < 4.78 is 41.0. The number of benzene rings is 2. The summed E-state index contributed by atoms with van der Waals surface area (Å²) in [5.74, 6) is 3.42. The molecule has 0 aliphatic carbocycles. The lowest BCUT2D eigenvalue weighted by molar-refractivity contribution is 0.202. The minimum Gasteiger partial charge on any atom is -0.473 e. The van der Waals surface area contributed by atoms with Crippen LogP contribution >= 0.6 is 0 Å². The second-order valence-corrected chi connectivity index (χ2v) is 18.5. The Balaban J connectivity index is 1.52. The van der Waals surface area contributed by atoms with Gasteiger partial charge in [0.1, 0.15) is 27.6 Å². The van der Waals surface area contributed by atoms with Gasteiger partial charge in [0, 0.05) is 12.4 Å². The van der Waals surface area contributed by atoms with Crippen LogP contribution in [0, 0.1) is 18.4 Å². The first-order valence-corrected chi connectivity index (χ1v) is 18.9. The van der Waals surface area contributed by atoms with Crippen molar-refractivity contribution in [1.82, 2.24) is 19.9 Å². The van der Waals surface area contributed by atoms with Crippen LogP contribution in [0.4, 0.5) is 5.82 Å². The van der Waals surface area contributed by atoms with Gasteiger partial charge in [0.25, 0.3) is 10.0 Å². The van der Waals surface area contributed by atoms with Gasteiger partial charge in [0.15, 0.2) is 5.82 Å². The molecular weight excluding hydrogens is 579 g/mol. The second kappa shape index (κ2) is 12.9. The lowest BCUT2D eigenvalue weighted by Crippen LogP contribution is -2.17. The van der Waals surface area contributed by atoms with Crippen molar-refractivity contribution < 1.29 is 17.9 Å². The number of hydrogen-bond donors (Lipinski definition) is 1. The molecule has 0 amide bonds. The standard InChI is InChI=1S/C32H37N5O4SSi/c1-23-8-10-25(11-9-23)28-29(37-42(38,39)27-14-12-26(13-15-27)32(2,3)4)35-22-36-30(28)40-17-18-41-31-33-20-24(21-34-31)16-19-43(5,6)7/h8-15,20-22H,17-18H2,1-7H3,(H,35,36,37). The first kappa shape index (κ1) is 31.7. The fourth-order valence-corrected chi connectivity index (χ4v) is 5.38. The quantitative estimate of drug-likeness (QED) is 0.138. The molecule has 0 bridgehead atoms.